The number of fused-ring (bicyclic) bond motifs is 1. The van der Waals surface area contributed by atoms with Crippen molar-refractivity contribution >= 4 is 16.7 Å². The van der Waals surface area contributed by atoms with Crippen LogP contribution in [-0.4, -0.2) is 19.7 Å². The highest BCUT2D eigenvalue weighted by atomic mass is 19.1. The summed E-state index contributed by atoms with van der Waals surface area (Å²) >= 11 is 0. The van der Waals surface area contributed by atoms with E-state index in [4.69, 9.17) is 18.6 Å². The van der Waals surface area contributed by atoms with E-state index in [0.717, 1.165) is 0 Å². The van der Waals surface area contributed by atoms with Gasteiger partial charge < -0.3 is 18.6 Å². The van der Waals surface area contributed by atoms with E-state index in [2.05, 4.69) is 0 Å². The summed E-state index contributed by atoms with van der Waals surface area (Å²) in [7, 11) is 1.45. The third-order valence-electron chi connectivity index (χ3n) is 5.41. The summed E-state index contributed by atoms with van der Waals surface area (Å²) < 4.78 is 35.6. The molecule has 0 bridgehead atoms. The molecular formula is C27H23FO6. The molecule has 6 nitrogen and oxygen atoms in total. The van der Waals surface area contributed by atoms with E-state index >= 15 is 0 Å². The highest BCUT2D eigenvalue weighted by Crippen LogP contribution is 2.36. The number of furan rings is 1. The second-order valence-corrected chi connectivity index (χ2v) is 7.63. The van der Waals surface area contributed by atoms with Crippen LogP contribution >= 0.6 is 0 Å². The summed E-state index contributed by atoms with van der Waals surface area (Å²) in [6, 6.07) is 13.3. The quantitative estimate of drug-likeness (QED) is 0.265. The van der Waals surface area contributed by atoms with Crippen molar-refractivity contribution in [1.29, 1.82) is 0 Å². The van der Waals surface area contributed by atoms with E-state index in [0.29, 0.717) is 51.5 Å². The predicted molar refractivity (Wildman–Crippen MR) is 126 cm³/mol. The van der Waals surface area contributed by atoms with Gasteiger partial charge >= 0.3 is 5.97 Å². The number of methoxy groups -OCH3 is 1. The second-order valence-electron chi connectivity index (χ2n) is 7.63. The minimum absolute atomic E-state index is 0.192. The van der Waals surface area contributed by atoms with E-state index in [9.17, 15) is 14.0 Å². The molecule has 174 valence electrons. The van der Waals surface area contributed by atoms with Gasteiger partial charge in [-0.25, -0.2) is 9.18 Å². The lowest BCUT2D eigenvalue weighted by atomic mass is 10.1. The van der Waals surface area contributed by atoms with E-state index in [1.54, 1.807) is 38.1 Å². The topological polar surface area (TPSA) is 75.0 Å². The molecule has 0 amide bonds. The molecule has 1 heterocycles. The molecule has 0 saturated heterocycles. The lowest BCUT2D eigenvalue weighted by molar-refractivity contribution is 0.0729. The Morgan fingerprint density at radius 1 is 0.882 bits per heavy atom. The Kier molecular flexibility index (Phi) is 6.36. The lowest BCUT2D eigenvalue weighted by Crippen LogP contribution is -2.09. The molecule has 0 fully saturated rings. The predicted octanol–water partition coefficient (Wildman–Crippen LogP) is 5.84. The minimum atomic E-state index is -0.647. The molecule has 4 rings (SSSR count). The van der Waals surface area contributed by atoms with Gasteiger partial charge in [0.25, 0.3) is 0 Å². The van der Waals surface area contributed by atoms with Crippen LogP contribution in [0.25, 0.3) is 21.9 Å². The molecule has 0 N–H and O–H groups in total. The average Bonchev–Trinajstić information content (AvgIpc) is 3.02. The van der Waals surface area contributed by atoms with Crippen molar-refractivity contribution in [3.63, 3.8) is 0 Å². The molecule has 0 aliphatic heterocycles. The van der Waals surface area contributed by atoms with Crippen LogP contribution < -0.4 is 19.6 Å². The Bertz CT molecular complexity index is 1440. The van der Waals surface area contributed by atoms with Crippen molar-refractivity contribution < 1.29 is 27.8 Å². The summed E-state index contributed by atoms with van der Waals surface area (Å²) in [4.78, 5) is 25.5. The molecule has 1 aromatic heterocycles. The number of hydrogen-bond donors (Lipinski definition) is 0. The minimum Gasteiger partial charge on any atom is -0.493 e. The number of rotatable bonds is 6. The molecule has 3 aromatic carbocycles. The Balaban J connectivity index is 1.78. The van der Waals surface area contributed by atoms with E-state index in [1.807, 2.05) is 6.92 Å². The number of halogens is 1. The average molecular weight is 462 g/mol. The molecule has 0 atom stereocenters. The number of benzene rings is 2. The molecule has 4 aromatic rings. The fourth-order valence-corrected chi connectivity index (χ4v) is 3.86. The van der Waals surface area contributed by atoms with Crippen LogP contribution in [0.2, 0.25) is 0 Å². The molecular weight excluding hydrogens is 439 g/mol. The maximum Gasteiger partial charge on any atom is 0.343 e. The van der Waals surface area contributed by atoms with Gasteiger partial charge in [0.15, 0.2) is 16.9 Å². The zero-order valence-electron chi connectivity index (χ0n) is 19.2. The lowest BCUT2D eigenvalue weighted by Gasteiger charge is -2.11. The molecule has 0 radical (unpaired) electrons. The largest absolute Gasteiger partial charge is 0.493 e. The fourth-order valence-electron chi connectivity index (χ4n) is 3.86. The summed E-state index contributed by atoms with van der Waals surface area (Å²) in [6.07, 6.45) is 0. The number of carbonyl (C=O) groups is 1. The first-order chi connectivity index (χ1) is 16.3. The Labute approximate surface area is 195 Å². The standard InChI is InChI=1S/C27H23FO6/c1-5-32-24-14-19(12-21(29)25-15(2)33-16(3)26(24)25)18-8-11-22(23(13-18)31-4)34-27(30)17-6-9-20(28)10-7-17/h6-14H,5H2,1-4H3. The van der Waals surface area contributed by atoms with Crippen molar-refractivity contribution in [2.24, 2.45) is 0 Å². The van der Waals surface area contributed by atoms with Crippen LogP contribution in [0, 0.1) is 19.7 Å². The van der Waals surface area contributed by atoms with E-state index in [-0.39, 0.29) is 16.7 Å². The number of carbonyl (C=O) groups excluding carboxylic acids is 1. The molecule has 0 spiro atoms. The molecule has 34 heavy (non-hydrogen) atoms. The van der Waals surface area contributed by atoms with E-state index in [1.165, 1.54) is 37.4 Å². The van der Waals surface area contributed by atoms with Gasteiger partial charge in [0, 0.05) is 0 Å². The molecule has 0 unspecified atom stereocenters. The third kappa shape index (κ3) is 4.37. The Morgan fingerprint density at radius 2 is 1.56 bits per heavy atom. The summed E-state index contributed by atoms with van der Waals surface area (Å²) in [6.45, 7) is 5.83. The van der Waals surface area contributed by atoms with Gasteiger partial charge in [-0.1, -0.05) is 6.07 Å². The number of hydrogen-bond acceptors (Lipinski definition) is 6. The molecule has 0 aliphatic rings. The fraction of sp³-hybridized carbons (Fsp3) is 0.185. The van der Waals surface area contributed by atoms with Gasteiger partial charge in [-0.3, -0.25) is 4.79 Å². The van der Waals surface area contributed by atoms with Crippen LogP contribution in [0.15, 0.2) is 63.8 Å². The SMILES string of the molecule is CCOc1cc(-c2ccc(OC(=O)c3ccc(F)cc3)c(OC)c2)cc(=O)c2c(C)oc(C)c12. The normalized spacial score (nSPS) is 10.9. The van der Waals surface area contributed by atoms with Crippen LogP contribution in [0.3, 0.4) is 0 Å². The van der Waals surface area contributed by atoms with Crippen molar-refractivity contribution in [3.8, 4) is 28.4 Å². The Hall–Kier alpha value is -4.13. The van der Waals surface area contributed by atoms with Gasteiger partial charge in [-0.05, 0) is 80.4 Å². The first kappa shape index (κ1) is 23.0. The Morgan fingerprint density at radius 3 is 2.24 bits per heavy atom. The summed E-state index contributed by atoms with van der Waals surface area (Å²) in [5, 5.41) is 1.12. The van der Waals surface area contributed by atoms with Crippen LogP contribution in [-0.2, 0) is 0 Å². The zero-order chi connectivity index (χ0) is 24.4. The first-order valence-corrected chi connectivity index (χ1v) is 10.7. The van der Waals surface area contributed by atoms with E-state index < -0.39 is 11.8 Å². The summed E-state index contributed by atoms with van der Waals surface area (Å²) in [5.74, 6) is 1.07. The number of ether oxygens (including phenoxy) is 3. The maximum absolute atomic E-state index is 13.1. The van der Waals surface area contributed by atoms with Crippen LogP contribution in [0.4, 0.5) is 4.39 Å². The van der Waals surface area contributed by atoms with Crippen LogP contribution in [0.1, 0.15) is 28.8 Å². The molecule has 0 saturated carbocycles. The molecule has 0 aliphatic carbocycles. The van der Waals surface area contributed by atoms with Crippen LogP contribution in [0.5, 0.6) is 17.2 Å². The van der Waals surface area contributed by atoms with Gasteiger partial charge in [0.05, 0.1) is 30.1 Å². The van der Waals surface area contributed by atoms with Gasteiger partial charge in [-0.15, -0.1) is 0 Å². The molecule has 7 heteroatoms. The second kappa shape index (κ2) is 9.39. The van der Waals surface area contributed by atoms with Crippen molar-refractivity contribution in [2.75, 3.05) is 13.7 Å². The smallest absolute Gasteiger partial charge is 0.343 e. The van der Waals surface area contributed by atoms with Crippen molar-refractivity contribution in [1.82, 2.24) is 0 Å². The van der Waals surface area contributed by atoms with Crippen molar-refractivity contribution in [3.05, 3.63) is 87.7 Å². The first-order valence-electron chi connectivity index (χ1n) is 10.7. The maximum atomic E-state index is 13.1. The third-order valence-corrected chi connectivity index (χ3v) is 5.41. The van der Waals surface area contributed by atoms with Crippen molar-refractivity contribution in [2.45, 2.75) is 20.8 Å². The zero-order valence-corrected chi connectivity index (χ0v) is 19.2. The monoisotopic (exact) mass is 462 g/mol. The number of esters is 1. The van der Waals surface area contributed by atoms with Gasteiger partial charge in [0.2, 0.25) is 0 Å². The highest BCUT2D eigenvalue weighted by molar-refractivity contribution is 5.93. The highest BCUT2D eigenvalue weighted by Gasteiger charge is 2.18. The van der Waals surface area contributed by atoms with Gasteiger partial charge in [0.1, 0.15) is 23.1 Å². The van der Waals surface area contributed by atoms with Gasteiger partial charge in [-0.2, -0.15) is 0 Å². The number of aryl methyl sites for hydroxylation is 2. The summed E-state index contributed by atoms with van der Waals surface area (Å²) in [5.41, 5.74) is 1.28.